The Labute approximate surface area is 164 Å². The third-order valence-electron chi connectivity index (χ3n) is 6.08. The SMILES string of the molecule is N#C[C@@H]1CSCN1C(=O)[C@H]1CCCN1C(=O)CC1CCc2ccccc2C1. The summed E-state index contributed by atoms with van der Waals surface area (Å²) in [5.74, 6) is 1.67. The first-order chi connectivity index (χ1) is 13.2. The number of hydrogen-bond acceptors (Lipinski definition) is 4. The van der Waals surface area contributed by atoms with Crippen LogP contribution >= 0.6 is 11.8 Å². The van der Waals surface area contributed by atoms with Crippen molar-refractivity contribution in [2.24, 2.45) is 5.92 Å². The van der Waals surface area contributed by atoms with Crippen molar-refractivity contribution in [2.75, 3.05) is 18.2 Å². The van der Waals surface area contributed by atoms with E-state index in [0.29, 0.717) is 30.5 Å². The Hall–Kier alpha value is -2.00. The number of hydrogen-bond donors (Lipinski definition) is 0. The predicted molar refractivity (Wildman–Crippen MR) is 105 cm³/mol. The Bertz CT molecular complexity index is 775. The van der Waals surface area contributed by atoms with E-state index < -0.39 is 0 Å². The molecule has 6 heteroatoms. The van der Waals surface area contributed by atoms with Crippen LogP contribution in [0.3, 0.4) is 0 Å². The minimum Gasteiger partial charge on any atom is -0.331 e. The van der Waals surface area contributed by atoms with Gasteiger partial charge in [-0.3, -0.25) is 9.59 Å². The van der Waals surface area contributed by atoms with Crippen molar-refractivity contribution in [1.29, 1.82) is 5.26 Å². The molecule has 1 aromatic rings. The summed E-state index contributed by atoms with van der Waals surface area (Å²) in [6, 6.07) is 9.99. The van der Waals surface area contributed by atoms with Crippen LogP contribution in [0, 0.1) is 17.2 Å². The van der Waals surface area contributed by atoms with Gasteiger partial charge in [0.1, 0.15) is 12.1 Å². The highest BCUT2D eigenvalue weighted by Crippen LogP contribution is 2.30. The number of likely N-dealkylation sites (tertiary alicyclic amines) is 1. The molecular formula is C21H25N3O2S. The predicted octanol–water partition coefficient (Wildman–Crippen LogP) is 2.60. The molecule has 27 heavy (non-hydrogen) atoms. The summed E-state index contributed by atoms with van der Waals surface area (Å²) in [5, 5.41) is 9.26. The zero-order valence-corrected chi connectivity index (χ0v) is 16.3. The third kappa shape index (κ3) is 3.70. The van der Waals surface area contributed by atoms with Gasteiger partial charge < -0.3 is 9.80 Å². The summed E-state index contributed by atoms with van der Waals surface area (Å²) in [6.07, 6.45) is 5.13. The monoisotopic (exact) mass is 383 g/mol. The average molecular weight is 384 g/mol. The topological polar surface area (TPSA) is 64.4 Å². The molecule has 0 saturated carbocycles. The molecule has 0 bridgehead atoms. The maximum absolute atomic E-state index is 13.0. The molecule has 2 amide bonds. The van der Waals surface area contributed by atoms with Crippen molar-refractivity contribution in [3.05, 3.63) is 35.4 Å². The first-order valence-corrected chi connectivity index (χ1v) is 11.0. The van der Waals surface area contributed by atoms with Crippen LogP contribution in [0.25, 0.3) is 0 Å². The molecule has 2 fully saturated rings. The van der Waals surface area contributed by atoms with Gasteiger partial charge in [0, 0.05) is 18.7 Å². The van der Waals surface area contributed by atoms with Gasteiger partial charge in [-0.05, 0) is 49.1 Å². The van der Waals surface area contributed by atoms with Crippen molar-refractivity contribution >= 4 is 23.6 Å². The molecule has 5 nitrogen and oxygen atoms in total. The van der Waals surface area contributed by atoms with E-state index in [1.807, 2.05) is 0 Å². The summed E-state index contributed by atoms with van der Waals surface area (Å²) >= 11 is 1.61. The lowest BCUT2D eigenvalue weighted by Gasteiger charge is -2.31. The average Bonchev–Trinajstić information content (AvgIpc) is 3.36. The maximum Gasteiger partial charge on any atom is 0.247 e. The number of fused-ring (bicyclic) bond motifs is 1. The Kier molecular flexibility index (Phi) is 5.40. The summed E-state index contributed by atoms with van der Waals surface area (Å²) in [5.41, 5.74) is 2.77. The Balaban J connectivity index is 1.40. The lowest BCUT2D eigenvalue weighted by atomic mass is 9.82. The fraction of sp³-hybridized carbons (Fsp3) is 0.571. The highest BCUT2D eigenvalue weighted by atomic mass is 32.2. The Morgan fingerprint density at radius 2 is 2.00 bits per heavy atom. The van der Waals surface area contributed by atoms with Gasteiger partial charge in [-0.15, -0.1) is 11.8 Å². The van der Waals surface area contributed by atoms with E-state index in [4.69, 9.17) is 0 Å². The Morgan fingerprint density at radius 3 is 2.81 bits per heavy atom. The summed E-state index contributed by atoms with van der Waals surface area (Å²) in [7, 11) is 0. The molecule has 1 aromatic carbocycles. The number of aryl methyl sites for hydroxylation is 1. The molecule has 142 valence electrons. The van der Waals surface area contributed by atoms with Crippen LogP contribution in [0.4, 0.5) is 0 Å². The van der Waals surface area contributed by atoms with Gasteiger partial charge >= 0.3 is 0 Å². The van der Waals surface area contributed by atoms with Gasteiger partial charge in [0.2, 0.25) is 11.8 Å². The number of nitrogens with zero attached hydrogens (tertiary/aromatic N) is 3. The van der Waals surface area contributed by atoms with E-state index in [2.05, 4.69) is 30.3 Å². The molecule has 2 saturated heterocycles. The second-order valence-electron chi connectivity index (χ2n) is 7.78. The summed E-state index contributed by atoms with van der Waals surface area (Å²) in [4.78, 5) is 29.4. The lowest BCUT2D eigenvalue weighted by molar-refractivity contribution is -0.144. The Morgan fingerprint density at radius 1 is 1.19 bits per heavy atom. The first-order valence-electron chi connectivity index (χ1n) is 9.81. The molecule has 4 rings (SSSR count). The van der Waals surface area contributed by atoms with E-state index in [1.54, 1.807) is 21.6 Å². The molecule has 2 aliphatic heterocycles. The summed E-state index contributed by atoms with van der Waals surface area (Å²) in [6.45, 7) is 0.663. The van der Waals surface area contributed by atoms with Crippen LogP contribution in [0.1, 0.15) is 36.8 Å². The van der Waals surface area contributed by atoms with Crippen LogP contribution < -0.4 is 0 Å². The van der Waals surface area contributed by atoms with Crippen LogP contribution in [0.15, 0.2) is 24.3 Å². The van der Waals surface area contributed by atoms with Crippen molar-refractivity contribution in [3.8, 4) is 6.07 Å². The second kappa shape index (κ2) is 7.93. The zero-order chi connectivity index (χ0) is 18.8. The van der Waals surface area contributed by atoms with Crippen LogP contribution in [0.2, 0.25) is 0 Å². The highest BCUT2D eigenvalue weighted by molar-refractivity contribution is 7.99. The van der Waals surface area contributed by atoms with Gasteiger partial charge in [0.25, 0.3) is 0 Å². The quantitative estimate of drug-likeness (QED) is 0.805. The zero-order valence-electron chi connectivity index (χ0n) is 15.5. The molecule has 3 aliphatic rings. The first kappa shape index (κ1) is 18.4. The molecular weight excluding hydrogens is 358 g/mol. The van der Waals surface area contributed by atoms with Gasteiger partial charge in [-0.25, -0.2) is 0 Å². The molecule has 0 aromatic heterocycles. The third-order valence-corrected chi connectivity index (χ3v) is 7.10. The molecule has 0 spiro atoms. The minimum atomic E-state index is -0.372. The van der Waals surface area contributed by atoms with Gasteiger partial charge in [0.05, 0.1) is 11.9 Å². The number of carbonyl (C=O) groups is 2. The molecule has 1 aliphatic carbocycles. The fourth-order valence-corrected chi connectivity index (χ4v) is 5.68. The van der Waals surface area contributed by atoms with Gasteiger partial charge in [-0.1, -0.05) is 24.3 Å². The smallest absolute Gasteiger partial charge is 0.247 e. The lowest BCUT2D eigenvalue weighted by Crippen LogP contribution is -2.49. The van der Waals surface area contributed by atoms with Crippen molar-refractivity contribution in [1.82, 2.24) is 9.80 Å². The van der Waals surface area contributed by atoms with Crippen LogP contribution in [-0.2, 0) is 22.4 Å². The maximum atomic E-state index is 13.0. The normalized spacial score (nSPS) is 27.3. The number of rotatable bonds is 3. The standard InChI is InChI=1S/C21H25N3O2S/c22-12-18-13-27-14-24(18)21(26)19-6-3-9-23(19)20(25)11-15-7-8-16-4-1-2-5-17(16)10-15/h1-2,4-5,15,18-19H,3,6-11,13-14H2/t15?,18-,19-/m1/s1. The largest absolute Gasteiger partial charge is 0.331 e. The number of carbonyl (C=O) groups excluding carboxylic acids is 2. The van der Waals surface area contributed by atoms with E-state index in [0.717, 1.165) is 32.1 Å². The van der Waals surface area contributed by atoms with Crippen molar-refractivity contribution in [3.63, 3.8) is 0 Å². The molecule has 3 atom stereocenters. The molecule has 2 heterocycles. The van der Waals surface area contributed by atoms with Crippen molar-refractivity contribution in [2.45, 2.75) is 50.6 Å². The van der Waals surface area contributed by atoms with Gasteiger partial charge in [-0.2, -0.15) is 5.26 Å². The molecule has 1 unspecified atom stereocenters. The molecule has 0 N–H and O–H groups in total. The fourth-order valence-electron chi connectivity index (χ4n) is 4.59. The number of nitriles is 1. The molecule has 0 radical (unpaired) electrons. The van der Waals surface area contributed by atoms with E-state index in [1.165, 1.54) is 11.1 Å². The van der Waals surface area contributed by atoms with Crippen LogP contribution in [0.5, 0.6) is 0 Å². The number of benzene rings is 1. The second-order valence-corrected chi connectivity index (χ2v) is 8.78. The number of amides is 2. The highest BCUT2D eigenvalue weighted by Gasteiger charge is 2.40. The van der Waals surface area contributed by atoms with Crippen LogP contribution in [-0.4, -0.2) is 51.9 Å². The van der Waals surface area contributed by atoms with Crippen molar-refractivity contribution < 1.29 is 9.59 Å². The summed E-state index contributed by atoms with van der Waals surface area (Å²) < 4.78 is 0. The van der Waals surface area contributed by atoms with E-state index in [9.17, 15) is 14.9 Å². The van der Waals surface area contributed by atoms with E-state index in [-0.39, 0.29) is 23.9 Å². The number of thioether (sulfide) groups is 1. The van der Waals surface area contributed by atoms with Gasteiger partial charge in [0.15, 0.2) is 0 Å². The van der Waals surface area contributed by atoms with E-state index >= 15 is 0 Å². The minimum absolute atomic E-state index is 0.0358.